The van der Waals surface area contributed by atoms with Crippen LogP contribution >= 0.6 is 0 Å². The van der Waals surface area contributed by atoms with Crippen LogP contribution in [-0.4, -0.2) is 62.3 Å². The number of carbonyl (C=O) groups excluding carboxylic acids is 1. The molecule has 2 aliphatic rings. The molecular formula is C25H33N3O4. The lowest BCUT2D eigenvalue weighted by Crippen LogP contribution is -2.49. The van der Waals surface area contributed by atoms with Crippen LogP contribution < -0.4 is 19.5 Å². The predicted molar refractivity (Wildman–Crippen MR) is 125 cm³/mol. The molecule has 0 aromatic heterocycles. The number of hydrogen-bond donors (Lipinski definition) is 1. The highest BCUT2D eigenvalue weighted by Crippen LogP contribution is 2.34. The van der Waals surface area contributed by atoms with Crippen molar-refractivity contribution in [1.82, 2.24) is 9.80 Å². The fraction of sp³-hybridized carbons (Fsp3) is 0.480. The van der Waals surface area contributed by atoms with E-state index in [1.807, 2.05) is 35.2 Å². The normalized spacial score (nSPS) is 17.2. The SMILES string of the molecule is COc1ccc(CN2CCN(C(=O)Nc3ccc(OC)c(OC4CCCC4)c3)CC2)cc1. The number of anilines is 1. The highest BCUT2D eigenvalue weighted by molar-refractivity contribution is 5.89. The fourth-order valence-corrected chi connectivity index (χ4v) is 4.33. The van der Waals surface area contributed by atoms with E-state index in [2.05, 4.69) is 22.3 Å². The third-order valence-corrected chi connectivity index (χ3v) is 6.24. The highest BCUT2D eigenvalue weighted by Gasteiger charge is 2.22. The Labute approximate surface area is 190 Å². The Bertz CT molecular complexity index is 889. The molecule has 172 valence electrons. The van der Waals surface area contributed by atoms with E-state index >= 15 is 0 Å². The molecule has 1 heterocycles. The van der Waals surface area contributed by atoms with E-state index in [1.54, 1.807) is 14.2 Å². The number of nitrogens with zero attached hydrogens (tertiary/aromatic N) is 2. The van der Waals surface area contributed by atoms with E-state index in [0.29, 0.717) is 24.6 Å². The van der Waals surface area contributed by atoms with Crippen LogP contribution in [0.3, 0.4) is 0 Å². The van der Waals surface area contributed by atoms with Crippen molar-refractivity contribution < 1.29 is 19.0 Å². The number of urea groups is 1. The second-order valence-electron chi connectivity index (χ2n) is 8.43. The summed E-state index contributed by atoms with van der Waals surface area (Å²) in [4.78, 5) is 17.1. The summed E-state index contributed by atoms with van der Waals surface area (Å²) in [6.45, 7) is 3.96. The van der Waals surface area contributed by atoms with E-state index in [9.17, 15) is 4.79 Å². The van der Waals surface area contributed by atoms with Crippen LogP contribution in [-0.2, 0) is 6.54 Å². The molecule has 7 nitrogen and oxygen atoms in total. The van der Waals surface area contributed by atoms with Gasteiger partial charge in [-0.1, -0.05) is 12.1 Å². The third-order valence-electron chi connectivity index (χ3n) is 6.24. The van der Waals surface area contributed by atoms with Crippen LogP contribution in [0.1, 0.15) is 31.2 Å². The molecule has 7 heteroatoms. The van der Waals surface area contributed by atoms with Crippen molar-refractivity contribution in [3.05, 3.63) is 48.0 Å². The smallest absolute Gasteiger partial charge is 0.321 e. The predicted octanol–water partition coefficient (Wildman–Crippen LogP) is 4.37. The van der Waals surface area contributed by atoms with Crippen LogP contribution in [0.4, 0.5) is 10.5 Å². The maximum atomic E-state index is 12.8. The summed E-state index contributed by atoms with van der Waals surface area (Å²) in [5.74, 6) is 2.26. The van der Waals surface area contributed by atoms with Crippen molar-refractivity contribution in [2.45, 2.75) is 38.3 Å². The summed E-state index contributed by atoms with van der Waals surface area (Å²) in [7, 11) is 3.31. The number of amides is 2. The molecule has 0 spiro atoms. The molecule has 1 aliphatic carbocycles. The Kier molecular flexibility index (Phi) is 7.37. The van der Waals surface area contributed by atoms with Gasteiger partial charge in [0.05, 0.1) is 20.3 Å². The first kappa shape index (κ1) is 22.3. The first-order chi connectivity index (χ1) is 15.6. The molecule has 1 N–H and O–H groups in total. The number of carbonyl (C=O) groups is 1. The molecule has 0 unspecified atom stereocenters. The lowest BCUT2D eigenvalue weighted by Gasteiger charge is -2.34. The monoisotopic (exact) mass is 439 g/mol. The number of rotatable bonds is 7. The average molecular weight is 440 g/mol. The van der Waals surface area contributed by atoms with Gasteiger partial charge in [0.1, 0.15) is 5.75 Å². The minimum atomic E-state index is -0.0777. The molecule has 0 bridgehead atoms. The van der Waals surface area contributed by atoms with Gasteiger partial charge in [0.15, 0.2) is 11.5 Å². The van der Waals surface area contributed by atoms with Crippen molar-refractivity contribution in [2.75, 3.05) is 45.7 Å². The maximum Gasteiger partial charge on any atom is 0.321 e. The zero-order valence-corrected chi connectivity index (χ0v) is 19.0. The number of piperazine rings is 1. The first-order valence-corrected chi connectivity index (χ1v) is 11.4. The van der Waals surface area contributed by atoms with E-state index < -0.39 is 0 Å². The molecular weight excluding hydrogens is 406 g/mol. The Morgan fingerprint density at radius 3 is 2.31 bits per heavy atom. The molecule has 32 heavy (non-hydrogen) atoms. The highest BCUT2D eigenvalue weighted by atomic mass is 16.5. The first-order valence-electron chi connectivity index (χ1n) is 11.4. The molecule has 1 aliphatic heterocycles. The van der Waals surface area contributed by atoms with Gasteiger partial charge in [0, 0.05) is 44.5 Å². The van der Waals surface area contributed by atoms with Gasteiger partial charge >= 0.3 is 6.03 Å². The minimum absolute atomic E-state index is 0.0777. The maximum absolute atomic E-state index is 12.8. The van der Waals surface area contributed by atoms with Crippen molar-refractivity contribution >= 4 is 11.7 Å². The van der Waals surface area contributed by atoms with E-state index in [1.165, 1.54) is 18.4 Å². The molecule has 2 aromatic rings. The Morgan fingerprint density at radius 1 is 0.938 bits per heavy atom. The van der Waals surface area contributed by atoms with Crippen LogP contribution in [0.2, 0.25) is 0 Å². The molecule has 2 fully saturated rings. The zero-order valence-electron chi connectivity index (χ0n) is 19.0. The van der Waals surface area contributed by atoms with Crippen LogP contribution in [0.5, 0.6) is 17.2 Å². The molecule has 1 saturated heterocycles. The summed E-state index contributed by atoms with van der Waals surface area (Å²) in [5, 5.41) is 3.02. The van der Waals surface area contributed by atoms with Crippen LogP contribution in [0, 0.1) is 0 Å². The van der Waals surface area contributed by atoms with Crippen LogP contribution in [0.15, 0.2) is 42.5 Å². The average Bonchev–Trinajstić information content (AvgIpc) is 3.33. The number of ether oxygens (including phenoxy) is 3. The molecule has 1 saturated carbocycles. The van der Waals surface area contributed by atoms with E-state index in [-0.39, 0.29) is 12.1 Å². The summed E-state index contributed by atoms with van der Waals surface area (Å²) in [5.41, 5.74) is 1.97. The van der Waals surface area contributed by atoms with E-state index in [0.717, 1.165) is 43.9 Å². The lowest BCUT2D eigenvalue weighted by molar-refractivity contribution is 0.143. The second-order valence-corrected chi connectivity index (χ2v) is 8.43. The molecule has 0 atom stereocenters. The number of benzene rings is 2. The molecule has 4 rings (SSSR count). The quantitative estimate of drug-likeness (QED) is 0.694. The second kappa shape index (κ2) is 10.6. The largest absolute Gasteiger partial charge is 0.497 e. The molecule has 2 amide bonds. The standard InChI is InChI=1S/C25H33N3O4/c1-30-21-10-7-19(8-11-21)18-27-13-15-28(16-14-27)25(29)26-20-9-12-23(31-2)24(17-20)32-22-5-3-4-6-22/h7-12,17,22H,3-6,13-16,18H2,1-2H3,(H,26,29). The molecule has 0 radical (unpaired) electrons. The van der Waals surface area contributed by atoms with Crippen molar-refractivity contribution in [2.24, 2.45) is 0 Å². The van der Waals surface area contributed by atoms with Gasteiger partial charge in [-0.05, 0) is 55.5 Å². The summed E-state index contributed by atoms with van der Waals surface area (Å²) >= 11 is 0. The Balaban J connectivity index is 1.29. The zero-order chi connectivity index (χ0) is 22.3. The third kappa shape index (κ3) is 5.65. The van der Waals surface area contributed by atoms with Gasteiger partial charge in [0.25, 0.3) is 0 Å². The number of hydrogen-bond acceptors (Lipinski definition) is 5. The Hall–Kier alpha value is -2.93. The fourth-order valence-electron chi connectivity index (χ4n) is 4.33. The summed E-state index contributed by atoms with van der Waals surface area (Å²) < 4.78 is 16.8. The minimum Gasteiger partial charge on any atom is -0.497 e. The van der Waals surface area contributed by atoms with Gasteiger partial charge < -0.3 is 24.4 Å². The Morgan fingerprint density at radius 2 is 1.66 bits per heavy atom. The van der Waals surface area contributed by atoms with Gasteiger partial charge in [0.2, 0.25) is 0 Å². The van der Waals surface area contributed by atoms with Gasteiger partial charge in [-0.3, -0.25) is 4.90 Å². The van der Waals surface area contributed by atoms with Crippen molar-refractivity contribution in [1.29, 1.82) is 0 Å². The van der Waals surface area contributed by atoms with Crippen LogP contribution in [0.25, 0.3) is 0 Å². The summed E-state index contributed by atoms with van der Waals surface area (Å²) in [6, 6.07) is 13.7. The van der Waals surface area contributed by atoms with Crippen molar-refractivity contribution in [3.63, 3.8) is 0 Å². The van der Waals surface area contributed by atoms with Gasteiger partial charge in [-0.2, -0.15) is 0 Å². The number of nitrogens with one attached hydrogen (secondary N) is 1. The van der Waals surface area contributed by atoms with Gasteiger partial charge in [-0.15, -0.1) is 0 Å². The number of methoxy groups -OCH3 is 2. The van der Waals surface area contributed by atoms with Gasteiger partial charge in [-0.25, -0.2) is 4.79 Å². The molecule has 2 aromatic carbocycles. The summed E-state index contributed by atoms with van der Waals surface area (Å²) in [6.07, 6.45) is 4.77. The topological polar surface area (TPSA) is 63.3 Å². The van der Waals surface area contributed by atoms with E-state index in [4.69, 9.17) is 14.2 Å². The lowest BCUT2D eigenvalue weighted by atomic mass is 10.2. The van der Waals surface area contributed by atoms with Crippen molar-refractivity contribution in [3.8, 4) is 17.2 Å².